The third kappa shape index (κ3) is 5.51. The van der Waals surface area contributed by atoms with E-state index in [1.807, 2.05) is 17.7 Å². The Morgan fingerprint density at radius 2 is 1.82 bits per heavy atom. The summed E-state index contributed by atoms with van der Waals surface area (Å²) in [4.78, 5) is 27.0. The summed E-state index contributed by atoms with van der Waals surface area (Å²) in [5.41, 5.74) is 6.84. The van der Waals surface area contributed by atoms with Crippen LogP contribution >= 0.6 is 0 Å². The van der Waals surface area contributed by atoms with Crippen LogP contribution < -0.4 is 11.1 Å². The molecule has 3 saturated carbocycles. The molecule has 286 valence electrons. The van der Waals surface area contributed by atoms with Gasteiger partial charge in [-0.05, 0) is 104 Å². The molecular weight excluding hydrogens is 640 g/mol. The van der Waals surface area contributed by atoms with Gasteiger partial charge in [-0.1, -0.05) is 74.0 Å². The van der Waals surface area contributed by atoms with Crippen LogP contribution in [0.5, 0.6) is 0 Å². The number of nitrogens with zero attached hydrogens (tertiary/aromatic N) is 2. The van der Waals surface area contributed by atoms with Gasteiger partial charge in [0, 0.05) is 29.1 Å². The maximum Gasteiger partial charge on any atom is 0.307 e. The van der Waals surface area contributed by atoms with Gasteiger partial charge in [0.25, 0.3) is 5.91 Å². The molecule has 4 aliphatic carbocycles. The molecule has 1 saturated heterocycles. The van der Waals surface area contributed by atoms with E-state index in [1.54, 1.807) is 6.20 Å². The van der Waals surface area contributed by atoms with Gasteiger partial charge in [-0.2, -0.15) is 5.10 Å². The van der Waals surface area contributed by atoms with Gasteiger partial charge >= 0.3 is 5.97 Å². The molecule has 51 heavy (non-hydrogen) atoms. The van der Waals surface area contributed by atoms with Crippen molar-refractivity contribution in [1.29, 1.82) is 0 Å². The summed E-state index contributed by atoms with van der Waals surface area (Å²) in [6, 6.07) is 1.61. The Morgan fingerprint density at radius 1 is 1.12 bits per heavy atom. The summed E-state index contributed by atoms with van der Waals surface area (Å²) in [6.07, 6.45) is 9.44. The third-order valence-electron chi connectivity index (χ3n) is 16.5. The van der Waals surface area contributed by atoms with Gasteiger partial charge in [-0.3, -0.25) is 14.3 Å². The van der Waals surface area contributed by atoms with Crippen LogP contribution in [-0.4, -0.2) is 64.8 Å². The number of aliphatic carboxylic acids is 1. The first-order valence-electron chi connectivity index (χ1n) is 20.0. The average Bonchev–Trinajstić information content (AvgIpc) is 3.54. The van der Waals surface area contributed by atoms with E-state index in [4.69, 9.17) is 20.3 Å². The molecule has 0 radical (unpaired) electrons. The second kappa shape index (κ2) is 13.0. The number of fused-ring (bicyclic) bond motifs is 3. The minimum Gasteiger partial charge on any atom is -0.481 e. The summed E-state index contributed by atoms with van der Waals surface area (Å²) in [5.74, 6) is 0.281. The van der Waals surface area contributed by atoms with Crippen molar-refractivity contribution in [1.82, 2.24) is 15.1 Å². The van der Waals surface area contributed by atoms with Crippen LogP contribution in [0.4, 0.5) is 0 Å². The highest BCUT2D eigenvalue weighted by Gasteiger charge is 2.72. The minimum atomic E-state index is -0.640. The predicted octanol–water partition coefficient (Wildman–Crippen LogP) is 7.52. The van der Waals surface area contributed by atoms with E-state index in [9.17, 15) is 14.7 Å². The van der Waals surface area contributed by atoms with Crippen molar-refractivity contribution >= 4 is 11.9 Å². The van der Waals surface area contributed by atoms with E-state index in [2.05, 4.69) is 80.6 Å². The lowest BCUT2D eigenvalue weighted by molar-refractivity contribution is -0.252. The molecule has 1 aromatic heterocycles. The molecule has 5 aliphatic rings. The summed E-state index contributed by atoms with van der Waals surface area (Å²) in [5, 5.41) is 19.0. The first-order chi connectivity index (χ1) is 23.7. The molecule has 4 fully saturated rings. The molecule has 12 atom stereocenters. The van der Waals surface area contributed by atoms with Crippen molar-refractivity contribution in [3.05, 3.63) is 29.6 Å². The zero-order valence-electron chi connectivity index (χ0n) is 33.5. The maximum absolute atomic E-state index is 13.5. The van der Waals surface area contributed by atoms with E-state index in [-0.39, 0.29) is 57.0 Å². The second-order valence-corrected chi connectivity index (χ2v) is 19.5. The van der Waals surface area contributed by atoms with Crippen molar-refractivity contribution in [2.45, 2.75) is 132 Å². The van der Waals surface area contributed by atoms with Gasteiger partial charge in [-0.15, -0.1) is 0 Å². The standard InChI is InChI=1S/C42H68N4O5/c1-12-44-35(47)30-16-20-45-46(30)31-21-42-24-50-22-38(8,34(31)51-23-41(11,43)26(4)5)32(42)14-13-28-29(42)15-17-40(10)33(36(48)49)37(7,27(6)25(2)3)18-19-39(28,40)9/h15-16,20,25-28,31-34H,12-14,17-19,21-24,43H2,1-11H3,(H,44,47)(H,48,49)/t27-,28+,31-,32+,33-,34+,37-,38-,39-,40+,41+,42+/m1/s1. The highest BCUT2D eigenvalue weighted by molar-refractivity contribution is 5.92. The number of carboxylic acids is 1. The lowest BCUT2D eigenvalue weighted by atomic mass is 9.34. The van der Waals surface area contributed by atoms with Crippen molar-refractivity contribution in [3.8, 4) is 0 Å². The van der Waals surface area contributed by atoms with E-state index in [1.165, 1.54) is 5.57 Å². The molecule has 2 bridgehead atoms. The number of carboxylic acid groups (broad SMARTS) is 1. The lowest BCUT2D eigenvalue weighted by Gasteiger charge is -2.71. The largest absolute Gasteiger partial charge is 0.481 e. The molecule has 6 rings (SSSR count). The van der Waals surface area contributed by atoms with Gasteiger partial charge in [0.15, 0.2) is 0 Å². The van der Waals surface area contributed by atoms with Gasteiger partial charge in [0.2, 0.25) is 0 Å². The molecule has 4 N–H and O–H groups in total. The lowest BCUT2D eigenvalue weighted by Crippen LogP contribution is -2.69. The number of hydrogen-bond donors (Lipinski definition) is 3. The normalized spacial score (nSPS) is 42.2. The van der Waals surface area contributed by atoms with E-state index >= 15 is 0 Å². The molecule has 1 amide bonds. The summed E-state index contributed by atoms with van der Waals surface area (Å²) < 4.78 is 15.7. The zero-order chi connectivity index (χ0) is 37.5. The van der Waals surface area contributed by atoms with Crippen molar-refractivity contribution in [2.75, 3.05) is 26.4 Å². The van der Waals surface area contributed by atoms with Crippen LogP contribution in [0, 0.1) is 62.6 Å². The summed E-state index contributed by atoms with van der Waals surface area (Å²) in [7, 11) is 0. The Morgan fingerprint density at radius 3 is 2.45 bits per heavy atom. The smallest absolute Gasteiger partial charge is 0.307 e. The number of carbonyl (C=O) groups excluding carboxylic acids is 1. The molecule has 0 aromatic carbocycles. The first-order valence-corrected chi connectivity index (χ1v) is 20.0. The molecule has 1 aliphatic heterocycles. The number of nitrogens with one attached hydrogen (secondary N) is 1. The van der Waals surface area contributed by atoms with Crippen LogP contribution in [-0.2, 0) is 14.3 Å². The van der Waals surface area contributed by atoms with Crippen molar-refractivity contribution < 1.29 is 24.2 Å². The van der Waals surface area contributed by atoms with Crippen LogP contribution in [0.25, 0.3) is 0 Å². The highest BCUT2D eigenvalue weighted by Crippen LogP contribution is 2.75. The first kappa shape index (κ1) is 38.5. The van der Waals surface area contributed by atoms with Crippen LogP contribution in [0.15, 0.2) is 23.9 Å². The maximum atomic E-state index is 13.5. The van der Waals surface area contributed by atoms with Crippen LogP contribution in [0.3, 0.4) is 0 Å². The Labute approximate surface area is 307 Å². The molecule has 0 spiro atoms. The number of amides is 1. The second-order valence-electron chi connectivity index (χ2n) is 19.5. The Balaban J connectivity index is 1.47. The fourth-order valence-electron chi connectivity index (χ4n) is 12.6. The average molecular weight is 709 g/mol. The number of aromatic nitrogens is 2. The van der Waals surface area contributed by atoms with E-state index < -0.39 is 17.4 Å². The topological polar surface area (TPSA) is 129 Å². The van der Waals surface area contributed by atoms with Gasteiger partial charge in [0.05, 0.1) is 37.9 Å². The summed E-state index contributed by atoms with van der Waals surface area (Å²) in [6.45, 7) is 26.5. The molecule has 9 heteroatoms. The Kier molecular flexibility index (Phi) is 9.79. The van der Waals surface area contributed by atoms with Gasteiger partial charge < -0.3 is 25.6 Å². The van der Waals surface area contributed by atoms with E-state index in [0.717, 1.165) is 38.5 Å². The summed E-state index contributed by atoms with van der Waals surface area (Å²) >= 11 is 0. The number of ether oxygens (including phenoxy) is 2. The Hall–Kier alpha value is -2.23. The molecular formula is C42H68N4O5. The van der Waals surface area contributed by atoms with Crippen molar-refractivity contribution in [3.63, 3.8) is 0 Å². The zero-order valence-corrected chi connectivity index (χ0v) is 33.5. The molecule has 9 nitrogen and oxygen atoms in total. The number of rotatable bonds is 10. The monoisotopic (exact) mass is 709 g/mol. The predicted molar refractivity (Wildman–Crippen MR) is 200 cm³/mol. The molecule has 1 aromatic rings. The number of allylic oxidation sites excluding steroid dienone is 1. The SMILES string of the molecule is CCNC(=O)c1ccnn1[C@@H]1C[C@@]23COC[C@](C)([C@@H]2CC[C@H]2C3=CC[C@@]3(C)[C@H](C(=O)O)[C@@](C)([C@H](C)C(C)C)CC[C@]23C)[C@H]1OC[C@](C)(N)C(C)C. The van der Waals surface area contributed by atoms with Gasteiger partial charge in [0.1, 0.15) is 5.69 Å². The fourth-order valence-corrected chi connectivity index (χ4v) is 12.6. The van der Waals surface area contributed by atoms with Gasteiger partial charge in [-0.25, -0.2) is 0 Å². The Bertz CT molecular complexity index is 1530. The van der Waals surface area contributed by atoms with Crippen LogP contribution in [0.2, 0.25) is 0 Å². The number of nitrogens with two attached hydrogens (primary N) is 1. The number of carbonyl (C=O) groups is 2. The number of hydrogen-bond acceptors (Lipinski definition) is 6. The van der Waals surface area contributed by atoms with Crippen LogP contribution in [0.1, 0.15) is 131 Å². The minimum absolute atomic E-state index is 0.131. The molecule has 0 unspecified atom stereocenters. The quantitative estimate of drug-likeness (QED) is 0.215. The third-order valence-corrected chi connectivity index (χ3v) is 16.5. The molecule has 2 heterocycles. The van der Waals surface area contributed by atoms with E-state index in [0.29, 0.717) is 49.8 Å². The fraction of sp³-hybridized carbons (Fsp3) is 0.833. The highest BCUT2D eigenvalue weighted by atomic mass is 16.5. The van der Waals surface area contributed by atoms with Crippen molar-refractivity contribution in [2.24, 2.45) is 68.3 Å².